The highest BCUT2D eigenvalue weighted by Gasteiger charge is 2.74. The maximum Gasteiger partial charge on any atom is 0.435 e. The Morgan fingerprint density at radius 3 is 1.76 bits per heavy atom. The Labute approximate surface area is 138 Å². The van der Waals surface area contributed by atoms with Crippen molar-refractivity contribution in [1.29, 1.82) is 0 Å². The predicted molar refractivity (Wildman–Crippen MR) is 76.2 cm³/mol. The Morgan fingerprint density at radius 1 is 0.760 bits per heavy atom. The third-order valence-corrected chi connectivity index (χ3v) is 3.78. The van der Waals surface area contributed by atoms with E-state index < -0.39 is 40.5 Å². The minimum atomic E-state index is -6.27. The Kier molecular flexibility index (Phi) is 4.61. The average Bonchev–Trinajstić information content (AvgIpc) is 2.44. The number of benzene rings is 2. The Bertz CT molecular complexity index is 772. The van der Waals surface area contributed by atoms with Crippen LogP contribution in [-0.4, -0.2) is 12.4 Å². The van der Waals surface area contributed by atoms with Gasteiger partial charge in [-0.05, 0) is 31.0 Å². The lowest BCUT2D eigenvalue weighted by Gasteiger charge is -2.32. The Balaban J connectivity index is 2.97. The van der Waals surface area contributed by atoms with Gasteiger partial charge in [-0.3, -0.25) is 0 Å². The van der Waals surface area contributed by atoms with Crippen molar-refractivity contribution in [2.45, 2.75) is 31.9 Å². The number of hydrogen-bond donors (Lipinski definition) is 0. The van der Waals surface area contributed by atoms with Crippen molar-refractivity contribution < 1.29 is 35.1 Å². The fourth-order valence-electron chi connectivity index (χ4n) is 2.73. The molecule has 0 saturated carbocycles. The first-order valence-corrected chi connectivity index (χ1v) is 6.99. The molecular formula is C17H12F8. The van der Waals surface area contributed by atoms with Crippen LogP contribution in [0, 0.1) is 19.7 Å². The van der Waals surface area contributed by atoms with E-state index in [0.717, 1.165) is 12.1 Å². The third kappa shape index (κ3) is 3.09. The molecule has 0 fully saturated rings. The smallest absolute Gasteiger partial charge is 0.218 e. The Hall–Kier alpha value is -2.12. The Morgan fingerprint density at radius 2 is 1.28 bits per heavy atom. The van der Waals surface area contributed by atoms with Gasteiger partial charge < -0.3 is 0 Å². The van der Waals surface area contributed by atoms with E-state index in [1.54, 1.807) is 0 Å². The summed E-state index contributed by atoms with van der Waals surface area (Å²) < 4.78 is 108. The fourth-order valence-corrected chi connectivity index (χ4v) is 2.73. The molecule has 0 aromatic heterocycles. The van der Waals surface area contributed by atoms with Crippen molar-refractivity contribution in [2.24, 2.45) is 0 Å². The molecule has 0 nitrogen and oxygen atoms in total. The van der Waals surface area contributed by atoms with Crippen molar-refractivity contribution in [2.75, 3.05) is 0 Å². The molecule has 136 valence electrons. The van der Waals surface area contributed by atoms with Gasteiger partial charge in [0, 0.05) is 11.1 Å². The second-order valence-electron chi connectivity index (χ2n) is 5.64. The van der Waals surface area contributed by atoms with E-state index in [2.05, 4.69) is 0 Å². The van der Waals surface area contributed by atoms with Crippen LogP contribution in [0.4, 0.5) is 35.1 Å². The molecule has 0 atom stereocenters. The van der Waals surface area contributed by atoms with Crippen LogP contribution < -0.4 is 0 Å². The maximum absolute atomic E-state index is 14.6. The molecule has 0 radical (unpaired) electrons. The topological polar surface area (TPSA) is 0 Å². The van der Waals surface area contributed by atoms with Crippen LogP contribution in [0.25, 0.3) is 11.1 Å². The summed E-state index contributed by atoms with van der Waals surface area (Å²) in [5, 5.41) is 0. The lowest BCUT2D eigenvalue weighted by Crippen LogP contribution is -2.50. The predicted octanol–water partition coefficient (Wildman–Crippen LogP) is 6.40. The minimum absolute atomic E-state index is 0.0110. The molecule has 0 aliphatic carbocycles. The van der Waals surface area contributed by atoms with Crippen LogP contribution >= 0.6 is 0 Å². The van der Waals surface area contributed by atoms with Crippen LogP contribution in [0.5, 0.6) is 0 Å². The van der Waals surface area contributed by atoms with Gasteiger partial charge in [-0.25, -0.2) is 8.78 Å². The van der Waals surface area contributed by atoms with Gasteiger partial charge in [-0.1, -0.05) is 35.9 Å². The second-order valence-corrected chi connectivity index (χ2v) is 5.64. The molecule has 0 N–H and O–H groups in total. The van der Waals surface area contributed by atoms with Crippen molar-refractivity contribution in [1.82, 2.24) is 0 Å². The summed E-state index contributed by atoms with van der Waals surface area (Å²) in [6.07, 6.45) is -12.5. The first-order chi connectivity index (χ1) is 11.3. The molecule has 2 aromatic rings. The molecule has 0 bridgehead atoms. The summed E-state index contributed by atoms with van der Waals surface area (Å²) in [5.41, 5.74) is -8.71. The zero-order valence-corrected chi connectivity index (χ0v) is 13.0. The van der Waals surface area contributed by atoms with E-state index in [1.165, 1.54) is 32.0 Å². The van der Waals surface area contributed by atoms with E-state index in [9.17, 15) is 35.1 Å². The summed E-state index contributed by atoms with van der Waals surface area (Å²) in [6, 6.07) is 6.05. The molecule has 0 heterocycles. The second kappa shape index (κ2) is 6.00. The van der Waals surface area contributed by atoms with E-state index in [4.69, 9.17) is 0 Å². The normalized spacial score (nSPS) is 13.2. The summed E-state index contributed by atoms with van der Waals surface area (Å²) >= 11 is 0. The van der Waals surface area contributed by atoms with Gasteiger partial charge in [0.2, 0.25) is 0 Å². The van der Waals surface area contributed by atoms with Gasteiger partial charge in [-0.2, -0.15) is 26.3 Å². The van der Waals surface area contributed by atoms with Crippen LogP contribution in [0.1, 0.15) is 16.7 Å². The van der Waals surface area contributed by atoms with Crippen LogP contribution in [0.2, 0.25) is 0 Å². The van der Waals surface area contributed by atoms with Gasteiger partial charge in [-0.15, -0.1) is 0 Å². The highest BCUT2D eigenvalue weighted by molar-refractivity contribution is 5.73. The summed E-state index contributed by atoms with van der Waals surface area (Å²) in [7, 11) is 0. The van der Waals surface area contributed by atoms with Crippen LogP contribution in [0.3, 0.4) is 0 Å². The largest absolute Gasteiger partial charge is 0.435 e. The molecule has 0 amide bonds. The van der Waals surface area contributed by atoms with Crippen molar-refractivity contribution >= 4 is 0 Å². The molecule has 2 rings (SSSR count). The van der Waals surface area contributed by atoms with Gasteiger partial charge in [0.1, 0.15) is 5.82 Å². The quantitative estimate of drug-likeness (QED) is 0.538. The maximum atomic E-state index is 14.6. The highest BCUT2D eigenvalue weighted by atomic mass is 19.4. The first-order valence-electron chi connectivity index (χ1n) is 6.99. The number of rotatable bonds is 2. The monoisotopic (exact) mass is 368 g/mol. The molecule has 25 heavy (non-hydrogen) atoms. The SMILES string of the molecule is Cc1cc(C)c(-c2ccccc2F)c(C(F)(C(F)(F)F)C(F)(F)F)c1. The number of alkyl halides is 7. The van der Waals surface area contributed by atoms with Gasteiger partial charge in [0.05, 0.1) is 0 Å². The number of halogens is 8. The van der Waals surface area contributed by atoms with Crippen LogP contribution in [-0.2, 0) is 5.67 Å². The van der Waals surface area contributed by atoms with Crippen LogP contribution in [0.15, 0.2) is 36.4 Å². The number of aryl methyl sites for hydroxylation is 2. The van der Waals surface area contributed by atoms with E-state index in [0.29, 0.717) is 6.07 Å². The standard InChI is InChI=1S/C17H12F8/c1-9-7-10(2)14(11-5-3-4-6-13(11)18)12(8-9)15(19,16(20,21)22)17(23,24)25/h3-8H,1-2H3. The average molecular weight is 368 g/mol. The van der Waals surface area contributed by atoms with Gasteiger partial charge >= 0.3 is 18.0 Å². The molecule has 0 spiro atoms. The highest BCUT2D eigenvalue weighted by Crippen LogP contribution is 2.56. The molecule has 0 saturated heterocycles. The minimum Gasteiger partial charge on any atom is -0.218 e. The molecule has 0 aliphatic heterocycles. The van der Waals surface area contributed by atoms with E-state index in [-0.39, 0.29) is 11.1 Å². The van der Waals surface area contributed by atoms with Crippen molar-refractivity contribution in [3.05, 3.63) is 58.9 Å². The van der Waals surface area contributed by atoms with E-state index in [1.807, 2.05) is 0 Å². The molecule has 2 aromatic carbocycles. The van der Waals surface area contributed by atoms with Gasteiger partial charge in [0.15, 0.2) is 0 Å². The van der Waals surface area contributed by atoms with E-state index >= 15 is 0 Å². The van der Waals surface area contributed by atoms with Crippen molar-refractivity contribution in [3.8, 4) is 11.1 Å². The molecule has 8 heteroatoms. The third-order valence-electron chi connectivity index (χ3n) is 3.78. The first kappa shape index (κ1) is 19.2. The zero-order chi connectivity index (χ0) is 19.2. The lowest BCUT2D eigenvalue weighted by molar-refractivity contribution is -0.348. The fraction of sp³-hybridized carbons (Fsp3) is 0.294. The summed E-state index contributed by atoms with van der Waals surface area (Å²) in [6.45, 7) is 2.43. The van der Waals surface area contributed by atoms with Gasteiger partial charge in [0.25, 0.3) is 0 Å². The zero-order valence-electron chi connectivity index (χ0n) is 13.0. The molecular weight excluding hydrogens is 356 g/mol. The molecule has 0 aliphatic rings. The van der Waals surface area contributed by atoms with Crippen molar-refractivity contribution in [3.63, 3.8) is 0 Å². The summed E-state index contributed by atoms with van der Waals surface area (Å²) in [4.78, 5) is 0. The molecule has 0 unspecified atom stereocenters. The lowest BCUT2D eigenvalue weighted by atomic mass is 9.83. The number of hydrogen-bond acceptors (Lipinski definition) is 0. The summed E-state index contributed by atoms with van der Waals surface area (Å²) in [5.74, 6) is -1.05.